The molecule has 0 aliphatic heterocycles. The molecule has 2 N–H and O–H groups in total. The maximum absolute atomic E-state index is 12.2. The van der Waals surface area contributed by atoms with Crippen LogP contribution in [0.25, 0.3) is 0 Å². The fourth-order valence-electron chi connectivity index (χ4n) is 2.31. The number of rotatable bonds is 8. The second kappa shape index (κ2) is 10.2. The van der Waals surface area contributed by atoms with Crippen molar-refractivity contribution in [3.63, 3.8) is 0 Å². The van der Waals surface area contributed by atoms with Gasteiger partial charge in [-0.05, 0) is 31.5 Å². The SMILES string of the molecule is CN=C(NCCCN(C)CC(F)(F)F)NCC(C)c1ccccc1. The molecule has 0 spiro atoms. The van der Waals surface area contributed by atoms with Gasteiger partial charge in [-0.15, -0.1) is 0 Å². The van der Waals surface area contributed by atoms with E-state index < -0.39 is 12.7 Å². The molecule has 0 saturated heterocycles. The Morgan fingerprint density at radius 2 is 1.88 bits per heavy atom. The van der Waals surface area contributed by atoms with Gasteiger partial charge in [-0.3, -0.25) is 9.89 Å². The number of nitrogens with one attached hydrogen (secondary N) is 2. The summed E-state index contributed by atoms with van der Waals surface area (Å²) >= 11 is 0. The van der Waals surface area contributed by atoms with Crippen LogP contribution >= 0.6 is 0 Å². The molecule has 0 aliphatic carbocycles. The number of hydrogen-bond donors (Lipinski definition) is 2. The summed E-state index contributed by atoms with van der Waals surface area (Å²) in [7, 11) is 3.15. The fraction of sp³-hybridized carbons (Fsp3) is 0.588. The van der Waals surface area contributed by atoms with Crippen LogP contribution in [0.4, 0.5) is 13.2 Å². The highest BCUT2D eigenvalue weighted by Crippen LogP contribution is 2.15. The first-order chi connectivity index (χ1) is 11.3. The molecule has 0 aliphatic rings. The molecule has 0 fully saturated rings. The standard InChI is InChI=1S/C17H27F3N4/c1-14(15-8-5-4-6-9-15)12-23-16(21-2)22-10-7-11-24(3)13-17(18,19)20/h4-6,8-9,14H,7,10-13H2,1-3H3,(H2,21,22,23). The van der Waals surface area contributed by atoms with Gasteiger partial charge in [-0.25, -0.2) is 0 Å². The monoisotopic (exact) mass is 344 g/mol. The molecule has 1 unspecified atom stereocenters. The largest absolute Gasteiger partial charge is 0.401 e. The van der Waals surface area contributed by atoms with E-state index >= 15 is 0 Å². The minimum atomic E-state index is -4.15. The van der Waals surface area contributed by atoms with E-state index in [0.717, 1.165) is 6.54 Å². The number of nitrogens with zero attached hydrogens (tertiary/aromatic N) is 2. The molecule has 1 atom stereocenters. The van der Waals surface area contributed by atoms with E-state index in [1.54, 1.807) is 7.05 Å². The van der Waals surface area contributed by atoms with Crippen molar-refractivity contribution in [2.45, 2.75) is 25.4 Å². The van der Waals surface area contributed by atoms with Crippen molar-refractivity contribution in [1.82, 2.24) is 15.5 Å². The average molecular weight is 344 g/mol. The summed E-state index contributed by atoms with van der Waals surface area (Å²) in [5.41, 5.74) is 1.24. The van der Waals surface area contributed by atoms with Gasteiger partial charge in [0, 0.05) is 20.1 Å². The van der Waals surface area contributed by atoms with Gasteiger partial charge >= 0.3 is 6.18 Å². The van der Waals surface area contributed by atoms with Crippen LogP contribution in [0.15, 0.2) is 35.3 Å². The Morgan fingerprint density at radius 1 is 1.21 bits per heavy atom. The van der Waals surface area contributed by atoms with Gasteiger partial charge in [-0.1, -0.05) is 37.3 Å². The lowest BCUT2D eigenvalue weighted by atomic mass is 10.0. The first-order valence-electron chi connectivity index (χ1n) is 8.06. The van der Waals surface area contributed by atoms with Gasteiger partial charge in [0.25, 0.3) is 0 Å². The lowest BCUT2D eigenvalue weighted by Crippen LogP contribution is -2.40. The van der Waals surface area contributed by atoms with Gasteiger partial charge in [0.05, 0.1) is 6.54 Å². The molecule has 0 heterocycles. The quantitative estimate of drug-likeness (QED) is 0.433. The average Bonchev–Trinajstić information content (AvgIpc) is 2.53. The van der Waals surface area contributed by atoms with E-state index in [0.29, 0.717) is 31.4 Å². The molecular formula is C17H27F3N4. The van der Waals surface area contributed by atoms with Gasteiger partial charge in [0.1, 0.15) is 0 Å². The van der Waals surface area contributed by atoms with Crippen molar-refractivity contribution < 1.29 is 13.2 Å². The first-order valence-corrected chi connectivity index (χ1v) is 8.06. The third kappa shape index (κ3) is 8.76. The molecule has 0 radical (unpaired) electrons. The van der Waals surface area contributed by atoms with Gasteiger partial charge in [0.2, 0.25) is 0 Å². The molecule has 0 bridgehead atoms. The lowest BCUT2D eigenvalue weighted by molar-refractivity contribution is -0.143. The molecule has 1 rings (SSSR count). The summed E-state index contributed by atoms with van der Waals surface area (Å²) in [6.45, 7) is 2.93. The Kier molecular flexibility index (Phi) is 8.60. The fourth-order valence-corrected chi connectivity index (χ4v) is 2.31. The molecule has 136 valence electrons. The predicted octanol–water partition coefficient (Wildman–Crippen LogP) is 2.84. The zero-order valence-electron chi connectivity index (χ0n) is 14.5. The summed E-state index contributed by atoms with van der Waals surface area (Å²) in [5, 5.41) is 6.36. The molecule has 4 nitrogen and oxygen atoms in total. The van der Waals surface area contributed by atoms with Crippen LogP contribution in [-0.4, -0.2) is 57.3 Å². The van der Waals surface area contributed by atoms with Crippen LogP contribution in [-0.2, 0) is 0 Å². The predicted molar refractivity (Wildman–Crippen MR) is 92.4 cm³/mol. The zero-order chi connectivity index (χ0) is 18.0. The molecule has 1 aromatic rings. The van der Waals surface area contributed by atoms with Crippen LogP contribution in [0.5, 0.6) is 0 Å². The van der Waals surface area contributed by atoms with E-state index in [9.17, 15) is 13.2 Å². The molecular weight excluding hydrogens is 317 g/mol. The summed E-state index contributed by atoms with van der Waals surface area (Å²) in [6, 6.07) is 10.2. The van der Waals surface area contributed by atoms with Crippen molar-refractivity contribution >= 4 is 5.96 Å². The first kappa shape index (κ1) is 20.3. The minimum Gasteiger partial charge on any atom is -0.356 e. The molecule has 0 saturated carbocycles. The Morgan fingerprint density at radius 3 is 2.46 bits per heavy atom. The highest BCUT2D eigenvalue weighted by Gasteiger charge is 2.28. The second-order valence-electron chi connectivity index (χ2n) is 5.90. The van der Waals surface area contributed by atoms with E-state index in [1.165, 1.54) is 17.5 Å². The summed E-state index contributed by atoms with van der Waals surface area (Å²) in [5.74, 6) is 0.999. The molecule has 24 heavy (non-hydrogen) atoms. The minimum absolute atomic E-state index is 0.336. The van der Waals surface area contributed by atoms with Crippen molar-refractivity contribution in [2.75, 3.05) is 40.3 Å². The molecule has 0 amide bonds. The van der Waals surface area contributed by atoms with E-state index in [4.69, 9.17) is 0 Å². The second-order valence-corrected chi connectivity index (χ2v) is 5.90. The third-order valence-corrected chi connectivity index (χ3v) is 3.63. The number of benzene rings is 1. The zero-order valence-corrected chi connectivity index (χ0v) is 14.5. The highest BCUT2D eigenvalue weighted by molar-refractivity contribution is 5.79. The van der Waals surface area contributed by atoms with Crippen LogP contribution in [0.1, 0.15) is 24.8 Å². The van der Waals surface area contributed by atoms with Crippen LogP contribution < -0.4 is 10.6 Å². The smallest absolute Gasteiger partial charge is 0.356 e. The number of guanidine groups is 1. The molecule has 1 aromatic carbocycles. The molecule has 7 heteroatoms. The summed E-state index contributed by atoms with van der Waals surface area (Å²) in [4.78, 5) is 5.40. The van der Waals surface area contributed by atoms with Crippen molar-refractivity contribution in [2.24, 2.45) is 4.99 Å². The highest BCUT2D eigenvalue weighted by atomic mass is 19.4. The Labute approximate surface area is 142 Å². The number of halogens is 3. The number of aliphatic imine (C=N–C) groups is 1. The summed E-state index contributed by atoms with van der Waals surface area (Å²) < 4.78 is 36.7. The third-order valence-electron chi connectivity index (χ3n) is 3.63. The van der Waals surface area contributed by atoms with Crippen LogP contribution in [0.3, 0.4) is 0 Å². The van der Waals surface area contributed by atoms with E-state index in [2.05, 4.69) is 34.7 Å². The van der Waals surface area contributed by atoms with Gasteiger partial charge in [0.15, 0.2) is 5.96 Å². The lowest BCUT2D eigenvalue weighted by Gasteiger charge is -2.19. The maximum Gasteiger partial charge on any atom is 0.401 e. The van der Waals surface area contributed by atoms with E-state index in [-0.39, 0.29) is 0 Å². The molecule has 0 aromatic heterocycles. The summed E-state index contributed by atoms with van der Waals surface area (Å²) in [6.07, 6.45) is -3.53. The number of hydrogen-bond acceptors (Lipinski definition) is 2. The van der Waals surface area contributed by atoms with Crippen molar-refractivity contribution in [3.05, 3.63) is 35.9 Å². The van der Waals surface area contributed by atoms with Crippen molar-refractivity contribution in [1.29, 1.82) is 0 Å². The number of alkyl halides is 3. The Bertz CT molecular complexity index is 488. The Hall–Kier alpha value is -1.76. The Balaban J connectivity index is 2.24. The van der Waals surface area contributed by atoms with Crippen molar-refractivity contribution in [3.8, 4) is 0 Å². The maximum atomic E-state index is 12.2. The van der Waals surface area contributed by atoms with Gasteiger partial charge < -0.3 is 10.6 Å². The van der Waals surface area contributed by atoms with Crippen LogP contribution in [0, 0.1) is 0 Å². The van der Waals surface area contributed by atoms with Gasteiger partial charge in [-0.2, -0.15) is 13.2 Å². The van der Waals surface area contributed by atoms with E-state index in [1.807, 2.05) is 18.2 Å². The van der Waals surface area contributed by atoms with Crippen LogP contribution in [0.2, 0.25) is 0 Å². The topological polar surface area (TPSA) is 39.7 Å². The normalized spacial score (nSPS) is 13.9.